The molecule has 1 atom stereocenters. The molecule has 1 aromatic rings. The van der Waals surface area contributed by atoms with Crippen LogP contribution in [-0.4, -0.2) is 0 Å². The largest absolute Gasteiger partial charge is 0.0961 e. The number of fused-ring (bicyclic) bond motifs is 1. The third kappa shape index (κ3) is 3.94. The zero-order chi connectivity index (χ0) is 17.7. The lowest BCUT2D eigenvalue weighted by molar-refractivity contribution is 0.521. The highest BCUT2D eigenvalue weighted by Crippen LogP contribution is 2.47. The summed E-state index contributed by atoms with van der Waals surface area (Å²) in [7, 11) is 0. The van der Waals surface area contributed by atoms with Crippen molar-refractivity contribution in [2.75, 3.05) is 0 Å². The molecule has 0 radical (unpaired) electrons. The van der Waals surface area contributed by atoms with Gasteiger partial charge in [-0.2, -0.15) is 0 Å². The minimum atomic E-state index is -0.166. The molecular formula is C24H28. The molecule has 0 saturated heterocycles. The molecule has 1 aromatic carbocycles. The van der Waals surface area contributed by atoms with Crippen molar-refractivity contribution >= 4 is 0 Å². The molecule has 124 valence electrons. The van der Waals surface area contributed by atoms with Crippen LogP contribution >= 0.6 is 0 Å². The van der Waals surface area contributed by atoms with Crippen molar-refractivity contribution in [1.29, 1.82) is 0 Å². The van der Waals surface area contributed by atoms with Gasteiger partial charge in [-0.1, -0.05) is 97.2 Å². The van der Waals surface area contributed by atoms with Crippen LogP contribution in [0.25, 0.3) is 0 Å². The van der Waals surface area contributed by atoms with E-state index < -0.39 is 0 Å². The summed E-state index contributed by atoms with van der Waals surface area (Å²) in [5.74, 6) is 0.359. The summed E-state index contributed by atoms with van der Waals surface area (Å²) >= 11 is 0. The summed E-state index contributed by atoms with van der Waals surface area (Å²) in [6, 6.07) is 8.73. The Morgan fingerprint density at radius 2 is 1.46 bits per heavy atom. The monoisotopic (exact) mass is 316 g/mol. The van der Waals surface area contributed by atoms with Crippen molar-refractivity contribution in [2.45, 2.75) is 32.6 Å². The molecule has 24 heavy (non-hydrogen) atoms. The van der Waals surface area contributed by atoms with Crippen molar-refractivity contribution in [3.63, 3.8) is 0 Å². The van der Waals surface area contributed by atoms with Crippen LogP contribution in [0.2, 0.25) is 0 Å². The van der Waals surface area contributed by atoms with E-state index in [1.165, 1.54) is 11.1 Å². The molecule has 0 heterocycles. The molecule has 0 nitrogen and oxygen atoms in total. The molecule has 2 rings (SSSR count). The fourth-order valence-corrected chi connectivity index (χ4v) is 3.28. The smallest absolute Gasteiger partial charge is 0.0387 e. The molecule has 1 unspecified atom stereocenters. The van der Waals surface area contributed by atoms with Crippen LogP contribution in [0.3, 0.4) is 0 Å². The normalized spacial score (nSPS) is 23.2. The van der Waals surface area contributed by atoms with E-state index in [-0.39, 0.29) is 5.41 Å². The van der Waals surface area contributed by atoms with Gasteiger partial charge in [-0.3, -0.25) is 0 Å². The van der Waals surface area contributed by atoms with Crippen LogP contribution in [0.1, 0.15) is 31.9 Å². The molecule has 0 aromatic heterocycles. The summed E-state index contributed by atoms with van der Waals surface area (Å²) in [4.78, 5) is 0. The van der Waals surface area contributed by atoms with Gasteiger partial charge in [-0.15, -0.1) is 0 Å². The average Bonchev–Trinajstić information content (AvgIpc) is 2.83. The minimum Gasteiger partial charge on any atom is -0.0961 e. The van der Waals surface area contributed by atoms with Gasteiger partial charge in [0.15, 0.2) is 0 Å². The van der Waals surface area contributed by atoms with E-state index in [0.29, 0.717) is 5.92 Å². The Kier molecular flexibility index (Phi) is 5.62. The van der Waals surface area contributed by atoms with Gasteiger partial charge in [0.25, 0.3) is 0 Å². The molecule has 0 spiro atoms. The molecule has 0 saturated carbocycles. The van der Waals surface area contributed by atoms with Gasteiger partial charge in [-0.25, -0.2) is 0 Å². The first kappa shape index (κ1) is 18.0. The van der Waals surface area contributed by atoms with Crippen molar-refractivity contribution < 1.29 is 0 Å². The van der Waals surface area contributed by atoms with Gasteiger partial charge in [0.2, 0.25) is 0 Å². The summed E-state index contributed by atoms with van der Waals surface area (Å²) in [5, 5.41) is 0. The van der Waals surface area contributed by atoms with Crippen molar-refractivity contribution in [1.82, 2.24) is 0 Å². The zero-order valence-corrected chi connectivity index (χ0v) is 15.2. The average molecular weight is 316 g/mol. The minimum absolute atomic E-state index is 0.166. The lowest BCUT2D eigenvalue weighted by atomic mass is 9.73. The maximum atomic E-state index is 4.04. The number of rotatable bonds is 6. The first-order chi connectivity index (χ1) is 11.3. The summed E-state index contributed by atoms with van der Waals surface area (Å²) in [6.45, 7) is 18.2. The highest BCUT2D eigenvalue weighted by atomic mass is 14.4. The Hall–Kier alpha value is -2.34. The summed E-state index contributed by atoms with van der Waals surface area (Å²) in [5.41, 5.74) is 5.81. The van der Waals surface area contributed by atoms with Gasteiger partial charge >= 0.3 is 0 Å². The van der Waals surface area contributed by atoms with Crippen LogP contribution in [0.15, 0.2) is 97.2 Å². The molecule has 0 aliphatic heterocycles. The predicted octanol–water partition coefficient (Wildman–Crippen LogP) is 6.49. The zero-order valence-electron chi connectivity index (χ0n) is 15.2. The fraction of sp³-hybridized carbons (Fsp3) is 0.250. The Labute approximate surface area is 147 Å². The Morgan fingerprint density at radius 1 is 0.917 bits per heavy atom. The lowest BCUT2D eigenvalue weighted by Gasteiger charge is -2.29. The predicted molar refractivity (Wildman–Crippen MR) is 107 cm³/mol. The Morgan fingerprint density at radius 3 is 2.00 bits per heavy atom. The Balaban J connectivity index is 2.64. The second-order valence-electron chi connectivity index (χ2n) is 6.97. The van der Waals surface area contributed by atoms with Crippen LogP contribution in [0.4, 0.5) is 0 Å². The molecule has 0 heteroatoms. The lowest BCUT2D eigenvalue weighted by Crippen LogP contribution is -2.26. The molecule has 1 aliphatic rings. The number of benzene rings is 1. The number of hydrogen-bond acceptors (Lipinski definition) is 0. The highest BCUT2D eigenvalue weighted by molar-refractivity contribution is 5.51. The highest BCUT2D eigenvalue weighted by Gasteiger charge is 2.41. The third-order valence-corrected chi connectivity index (χ3v) is 4.44. The van der Waals surface area contributed by atoms with Crippen LogP contribution in [-0.2, 0) is 11.8 Å². The van der Waals surface area contributed by atoms with E-state index in [4.69, 9.17) is 0 Å². The van der Waals surface area contributed by atoms with E-state index in [2.05, 4.69) is 80.5 Å². The van der Waals surface area contributed by atoms with Gasteiger partial charge in [0, 0.05) is 5.41 Å². The van der Waals surface area contributed by atoms with Gasteiger partial charge in [0.05, 0.1) is 0 Å². The van der Waals surface area contributed by atoms with Gasteiger partial charge in [-0.05, 0) is 44.2 Å². The van der Waals surface area contributed by atoms with Crippen LogP contribution in [0.5, 0.6) is 0 Å². The van der Waals surface area contributed by atoms with Crippen LogP contribution < -0.4 is 0 Å². The standard InChI is InChI=1S/C24H28/c1-18(2)11-12-22-17-21-9-7-8-10-23(21)24(22,15-13-19(3)4)16-14-20(5)6/h7-16,22H,1,3,5,17H2,2,4,6H3. The maximum Gasteiger partial charge on any atom is 0.0387 e. The Bertz CT molecular complexity index is 713. The molecule has 1 aliphatic carbocycles. The second kappa shape index (κ2) is 7.49. The number of hydrogen-bond donors (Lipinski definition) is 0. The van der Waals surface area contributed by atoms with E-state index >= 15 is 0 Å². The topological polar surface area (TPSA) is 0 Å². The second-order valence-corrected chi connectivity index (χ2v) is 6.97. The van der Waals surface area contributed by atoms with Crippen molar-refractivity contribution in [3.05, 3.63) is 108 Å². The maximum absolute atomic E-state index is 4.04. The quantitative estimate of drug-likeness (QED) is 0.526. The summed E-state index contributed by atoms with van der Waals surface area (Å²) < 4.78 is 0. The molecule has 0 N–H and O–H groups in total. The van der Waals surface area contributed by atoms with E-state index in [0.717, 1.165) is 23.1 Å². The SMILES string of the molecule is C=C(C)C=CC1Cc2ccccc2C1(C=CC(=C)C)C=CC(=C)C. The number of allylic oxidation sites excluding steroid dienone is 9. The van der Waals surface area contributed by atoms with Crippen LogP contribution in [0, 0.1) is 5.92 Å². The van der Waals surface area contributed by atoms with Gasteiger partial charge < -0.3 is 0 Å². The first-order valence-electron chi connectivity index (χ1n) is 8.47. The third-order valence-electron chi connectivity index (χ3n) is 4.44. The van der Waals surface area contributed by atoms with Crippen molar-refractivity contribution in [3.8, 4) is 0 Å². The molecule has 0 bridgehead atoms. The van der Waals surface area contributed by atoms with Crippen molar-refractivity contribution in [2.24, 2.45) is 5.92 Å². The van der Waals surface area contributed by atoms with Gasteiger partial charge in [0.1, 0.15) is 0 Å². The summed E-state index contributed by atoms with van der Waals surface area (Å²) in [6.07, 6.45) is 14.3. The molecule has 0 amide bonds. The first-order valence-corrected chi connectivity index (χ1v) is 8.47. The van der Waals surface area contributed by atoms with E-state index in [1.54, 1.807) is 0 Å². The van der Waals surface area contributed by atoms with E-state index in [1.807, 2.05) is 20.8 Å². The molecular weight excluding hydrogens is 288 g/mol. The molecule has 0 fully saturated rings. The fourth-order valence-electron chi connectivity index (χ4n) is 3.28. The van der Waals surface area contributed by atoms with E-state index in [9.17, 15) is 0 Å².